The third kappa shape index (κ3) is 5.47. The molecule has 2 amide bonds. The molecule has 0 heterocycles. The Hall–Kier alpha value is -2.82. The first-order valence-electron chi connectivity index (χ1n) is 7.41. The van der Waals surface area contributed by atoms with Gasteiger partial charge in [-0.3, -0.25) is 20.4 Å². The Morgan fingerprint density at radius 3 is 2.00 bits per heavy atom. The van der Waals surface area contributed by atoms with Gasteiger partial charge in [0, 0.05) is 11.1 Å². The van der Waals surface area contributed by atoms with Gasteiger partial charge in [-0.25, -0.2) is 0 Å². The number of hydrazine groups is 1. The number of rotatable bonds is 3. The predicted molar refractivity (Wildman–Crippen MR) is 90.5 cm³/mol. The van der Waals surface area contributed by atoms with Crippen LogP contribution >= 0.6 is 0 Å². The first kappa shape index (κ1) is 18.2. The molecule has 0 bridgehead atoms. The van der Waals surface area contributed by atoms with Crippen LogP contribution in [0.4, 0.5) is 0 Å². The Balaban J connectivity index is 0.00000127. The summed E-state index contributed by atoms with van der Waals surface area (Å²) in [4.78, 5) is 23.8. The van der Waals surface area contributed by atoms with Crippen LogP contribution in [0.1, 0.15) is 40.1 Å². The number of hydrogen-bond acceptors (Lipinski definition) is 3. The molecule has 2 aromatic rings. The van der Waals surface area contributed by atoms with E-state index >= 15 is 0 Å². The number of carbonyl (C=O) groups excluding carboxylic acids is 2. The zero-order chi connectivity index (χ0) is 17.2. The van der Waals surface area contributed by atoms with E-state index in [0.29, 0.717) is 16.9 Å². The van der Waals surface area contributed by atoms with Crippen molar-refractivity contribution in [2.45, 2.75) is 20.8 Å². The van der Waals surface area contributed by atoms with Gasteiger partial charge in [-0.1, -0.05) is 37.6 Å². The molecule has 0 aliphatic rings. The van der Waals surface area contributed by atoms with Crippen molar-refractivity contribution in [2.24, 2.45) is 0 Å². The van der Waals surface area contributed by atoms with Gasteiger partial charge in [0.05, 0.1) is 7.11 Å². The monoisotopic (exact) mass is 314 g/mol. The average molecular weight is 314 g/mol. The fourth-order valence-corrected chi connectivity index (χ4v) is 1.73. The van der Waals surface area contributed by atoms with Crippen molar-refractivity contribution in [1.82, 2.24) is 10.9 Å². The Kier molecular flexibility index (Phi) is 7.33. The quantitative estimate of drug-likeness (QED) is 0.855. The van der Waals surface area contributed by atoms with Crippen molar-refractivity contribution in [2.75, 3.05) is 7.11 Å². The zero-order valence-electron chi connectivity index (χ0n) is 13.8. The van der Waals surface area contributed by atoms with Gasteiger partial charge in [0.2, 0.25) is 0 Å². The Morgan fingerprint density at radius 1 is 0.870 bits per heavy atom. The van der Waals surface area contributed by atoms with Crippen LogP contribution in [0.2, 0.25) is 0 Å². The predicted octanol–water partition coefficient (Wildman–Crippen LogP) is 3.10. The maximum atomic E-state index is 11.9. The van der Waals surface area contributed by atoms with E-state index in [1.54, 1.807) is 36.4 Å². The molecule has 0 spiro atoms. The fourth-order valence-electron chi connectivity index (χ4n) is 1.73. The highest BCUT2D eigenvalue weighted by Gasteiger charge is 2.09. The van der Waals surface area contributed by atoms with Gasteiger partial charge in [-0.15, -0.1) is 0 Å². The molecule has 0 saturated heterocycles. The third-order valence-corrected chi connectivity index (χ3v) is 2.94. The Bertz CT molecular complexity index is 652. The maximum Gasteiger partial charge on any atom is 0.269 e. The van der Waals surface area contributed by atoms with E-state index < -0.39 is 5.91 Å². The summed E-state index contributed by atoms with van der Waals surface area (Å²) in [5.41, 5.74) is 6.69. The first-order chi connectivity index (χ1) is 11.1. The molecule has 2 aromatic carbocycles. The van der Waals surface area contributed by atoms with Crippen molar-refractivity contribution in [3.63, 3.8) is 0 Å². The minimum atomic E-state index is -0.408. The summed E-state index contributed by atoms with van der Waals surface area (Å²) in [6.45, 7) is 5.94. The van der Waals surface area contributed by atoms with E-state index in [9.17, 15) is 9.59 Å². The summed E-state index contributed by atoms with van der Waals surface area (Å²) in [5, 5.41) is 0. The van der Waals surface area contributed by atoms with Crippen LogP contribution in [0.5, 0.6) is 5.75 Å². The molecule has 0 unspecified atom stereocenters. The van der Waals surface area contributed by atoms with Gasteiger partial charge in [0.25, 0.3) is 11.8 Å². The van der Waals surface area contributed by atoms with E-state index in [1.807, 2.05) is 32.9 Å². The van der Waals surface area contributed by atoms with E-state index in [0.717, 1.165) is 5.56 Å². The van der Waals surface area contributed by atoms with Crippen LogP contribution in [-0.2, 0) is 0 Å². The van der Waals surface area contributed by atoms with Crippen LogP contribution in [0.3, 0.4) is 0 Å². The van der Waals surface area contributed by atoms with Crippen molar-refractivity contribution < 1.29 is 14.3 Å². The Labute approximate surface area is 136 Å². The van der Waals surface area contributed by atoms with Crippen LogP contribution in [0, 0.1) is 6.92 Å². The zero-order valence-corrected chi connectivity index (χ0v) is 13.8. The Morgan fingerprint density at radius 2 is 1.43 bits per heavy atom. The number of hydrogen-bond donors (Lipinski definition) is 2. The summed E-state index contributed by atoms with van der Waals surface area (Å²) >= 11 is 0. The number of aryl methyl sites for hydroxylation is 1. The SMILES string of the molecule is CC.COc1cccc(C(=O)NNC(=O)c2ccc(C)cc2)c1. The standard InChI is InChI=1S/C16H16N2O3.C2H6/c1-11-6-8-12(9-7-11)15(19)17-18-16(20)13-4-3-5-14(10-13)21-2;1-2/h3-10H,1-2H3,(H,17,19)(H,18,20);1-2H3. The van der Waals surface area contributed by atoms with Crippen molar-refractivity contribution in [3.8, 4) is 5.75 Å². The van der Waals surface area contributed by atoms with Gasteiger partial charge in [-0.2, -0.15) is 0 Å². The molecule has 0 radical (unpaired) electrons. The smallest absolute Gasteiger partial charge is 0.269 e. The summed E-state index contributed by atoms with van der Waals surface area (Å²) in [7, 11) is 1.52. The van der Waals surface area contributed by atoms with E-state index in [1.165, 1.54) is 7.11 Å². The highest BCUT2D eigenvalue weighted by Crippen LogP contribution is 2.12. The molecule has 0 aliphatic carbocycles. The number of amides is 2. The molecule has 0 saturated carbocycles. The highest BCUT2D eigenvalue weighted by atomic mass is 16.5. The fraction of sp³-hybridized carbons (Fsp3) is 0.222. The van der Waals surface area contributed by atoms with Crippen LogP contribution in [0.15, 0.2) is 48.5 Å². The summed E-state index contributed by atoms with van der Waals surface area (Å²) in [6.07, 6.45) is 0. The molecular formula is C18H22N2O3. The normalized spacial score (nSPS) is 9.22. The van der Waals surface area contributed by atoms with Gasteiger partial charge in [0.1, 0.15) is 5.75 Å². The molecule has 0 fully saturated rings. The van der Waals surface area contributed by atoms with Gasteiger partial charge < -0.3 is 4.74 Å². The topological polar surface area (TPSA) is 67.4 Å². The van der Waals surface area contributed by atoms with Gasteiger partial charge in [-0.05, 0) is 37.3 Å². The molecule has 122 valence electrons. The molecule has 5 heteroatoms. The van der Waals surface area contributed by atoms with Gasteiger partial charge >= 0.3 is 0 Å². The lowest BCUT2D eigenvalue weighted by molar-refractivity contribution is 0.0846. The second-order valence-corrected chi connectivity index (χ2v) is 4.51. The molecule has 2 rings (SSSR count). The van der Waals surface area contributed by atoms with Gasteiger partial charge in [0.15, 0.2) is 0 Å². The van der Waals surface area contributed by atoms with Crippen molar-refractivity contribution in [3.05, 3.63) is 65.2 Å². The summed E-state index contributed by atoms with van der Waals surface area (Å²) in [5.74, 6) is -0.201. The molecule has 0 atom stereocenters. The van der Waals surface area contributed by atoms with Crippen LogP contribution in [-0.4, -0.2) is 18.9 Å². The second-order valence-electron chi connectivity index (χ2n) is 4.51. The number of nitrogens with one attached hydrogen (secondary N) is 2. The number of methoxy groups -OCH3 is 1. The molecule has 23 heavy (non-hydrogen) atoms. The molecular weight excluding hydrogens is 292 g/mol. The molecule has 5 nitrogen and oxygen atoms in total. The molecule has 0 aliphatic heterocycles. The largest absolute Gasteiger partial charge is 0.497 e. The minimum absolute atomic E-state index is 0.369. The maximum absolute atomic E-state index is 11.9. The van der Waals surface area contributed by atoms with Crippen molar-refractivity contribution >= 4 is 11.8 Å². The summed E-state index contributed by atoms with van der Waals surface area (Å²) < 4.78 is 5.04. The molecule has 0 aromatic heterocycles. The van der Waals surface area contributed by atoms with Crippen molar-refractivity contribution in [1.29, 1.82) is 0 Å². The van der Waals surface area contributed by atoms with Crippen LogP contribution < -0.4 is 15.6 Å². The lowest BCUT2D eigenvalue weighted by Crippen LogP contribution is -2.41. The molecule has 2 N–H and O–H groups in total. The van der Waals surface area contributed by atoms with E-state index in [2.05, 4.69) is 10.9 Å². The number of carbonyl (C=O) groups is 2. The average Bonchev–Trinajstić information content (AvgIpc) is 2.61. The minimum Gasteiger partial charge on any atom is -0.497 e. The van der Waals surface area contributed by atoms with E-state index in [-0.39, 0.29) is 5.91 Å². The number of ether oxygens (including phenoxy) is 1. The number of benzene rings is 2. The summed E-state index contributed by atoms with van der Waals surface area (Å²) in [6, 6.07) is 13.7. The van der Waals surface area contributed by atoms with E-state index in [4.69, 9.17) is 4.74 Å². The third-order valence-electron chi connectivity index (χ3n) is 2.94. The second kappa shape index (κ2) is 9.25. The first-order valence-corrected chi connectivity index (χ1v) is 7.41. The lowest BCUT2D eigenvalue weighted by atomic mass is 10.1. The highest BCUT2D eigenvalue weighted by molar-refractivity contribution is 5.99. The van der Waals surface area contributed by atoms with Crippen LogP contribution in [0.25, 0.3) is 0 Å². The lowest BCUT2D eigenvalue weighted by Gasteiger charge is -2.08.